The number of aryl methyl sites for hydroxylation is 3. The number of alkyl halides is 6. The van der Waals surface area contributed by atoms with E-state index in [0.29, 0.717) is 66.5 Å². The van der Waals surface area contributed by atoms with Crippen LogP contribution < -0.4 is 16.0 Å². The minimum atomic E-state index is -4.31. The van der Waals surface area contributed by atoms with Crippen molar-refractivity contribution in [3.63, 3.8) is 0 Å². The van der Waals surface area contributed by atoms with Gasteiger partial charge in [-0.05, 0) is 127 Å². The first-order valence-corrected chi connectivity index (χ1v) is 23.4. The Bertz CT molecular complexity index is 3020. The average Bonchev–Trinajstić information content (AvgIpc) is 4.18. The lowest BCUT2D eigenvalue weighted by atomic mass is 9.98. The number of fused-ring (bicyclic) bond motifs is 2. The molecule has 2 saturated carbocycles. The molecule has 11 nitrogen and oxygen atoms in total. The zero-order chi connectivity index (χ0) is 48.5. The van der Waals surface area contributed by atoms with Gasteiger partial charge in [0.15, 0.2) is 17.1 Å². The predicted molar refractivity (Wildman–Crippen MR) is 250 cm³/mol. The van der Waals surface area contributed by atoms with Crippen LogP contribution in [0.3, 0.4) is 0 Å². The molecule has 1 amide bonds. The summed E-state index contributed by atoms with van der Waals surface area (Å²) in [5, 5.41) is 18.2. The van der Waals surface area contributed by atoms with E-state index in [2.05, 4.69) is 52.0 Å². The van der Waals surface area contributed by atoms with Gasteiger partial charge in [-0.1, -0.05) is 36.0 Å². The summed E-state index contributed by atoms with van der Waals surface area (Å²) in [6.07, 6.45) is -2.43. The van der Waals surface area contributed by atoms with Crippen LogP contribution in [-0.2, 0) is 0 Å². The number of benzene rings is 3. The first-order chi connectivity index (χ1) is 32.3. The van der Waals surface area contributed by atoms with Crippen LogP contribution in [0.1, 0.15) is 82.4 Å². The number of imidazole rings is 2. The smallest absolute Gasteiger partial charge is 0.382 e. The van der Waals surface area contributed by atoms with Crippen LogP contribution >= 0.6 is 27.7 Å². The number of nitrogens with zero attached hydrogens (tertiary/aromatic N) is 6. The fourth-order valence-corrected chi connectivity index (χ4v) is 8.77. The number of carbonyl (C=O) groups is 2. The summed E-state index contributed by atoms with van der Waals surface area (Å²) in [6.45, 7) is 5.00. The number of anilines is 2. The number of amides is 1. The minimum Gasteiger partial charge on any atom is -0.382 e. The summed E-state index contributed by atoms with van der Waals surface area (Å²) < 4.78 is 93.3. The van der Waals surface area contributed by atoms with Crippen LogP contribution in [0.15, 0.2) is 93.6 Å². The van der Waals surface area contributed by atoms with E-state index in [0.717, 1.165) is 59.1 Å². The molecule has 2 fully saturated rings. The summed E-state index contributed by atoms with van der Waals surface area (Å²) in [6, 6.07) is 18.9. The molecule has 20 heteroatoms. The Morgan fingerprint density at radius 2 is 1.26 bits per heavy atom. The zero-order valence-electron chi connectivity index (χ0n) is 37.0. The number of aromatic nitrogens is 6. The molecule has 356 valence electrons. The van der Waals surface area contributed by atoms with Crippen LogP contribution in [0.5, 0.6) is 0 Å². The summed E-state index contributed by atoms with van der Waals surface area (Å²) in [7, 11) is 0. The fraction of sp³-hybridized carbons (Fsp3) is 0.333. The Morgan fingerprint density at radius 1 is 0.706 bits per heavy atom. The third kappa shape index (κ3) is 12.2. The van der Waals surface area contributed by atoms with Gasteiger partial charge in [0, 0.05) is 52.7 Å². The predicted octanol–water partition coefficient (Wildman–Crippen LogP) is 12.4. The second-order valence-corrected chi connectivity index (χ2v) is 18.9. The van der Waals surface area contributed by atoms with Crippen LogP contribution in [0.2, 0.25) is 0 Å². The summed E-state index contributed by atoms with van der Waals surface area (Å²) in [4.78, 5) is 34.4. The second-order valence-electron chi connectivity index (χ2n) is 17.0. The van der Waals surface area contributed by atoms with Crippen molar-refractivity contribution < 1.29 is 40.3 Å². The van der Waals surface area contributed by atoms with Gasteiger partial charge in [-0.25, -0.2) is 23.4 Å². The Labute approximate surface area is 398 Å². The lowest BCUT2D eigenvalue weighted by molar-refractivity contribution is -0.132. The number of Topliss-reactive ketones (excluding diaryl/α,β-unsaturated/α-hetero) is 1. The first kappa shape index (κ1) is 48.4. The van der Waals surface area contributed by atoms with E-state index in [4.69, 9.17) is 0 Å². The SMILES string of the molecule is Cc1cc(-c2cnc3c(NCCC(F)(F)F)cc(Br)nn23)ccc1C(=O)CC1CC1.Cc1ccc(F)cc1Sc1cc(NCCC(F)(F)F)c2ncc(-c3ccc(C(=O)NC4CC4)c(C)c3)n2n1. The molecule has 9 rings (SSSR count). The third-order valence-corrected chi connectivity index (χ3v) is 12.8. The molecule has 0 unspecified atom stereocenters. The van der Waals surface area contributed by atoms with Crippen LogP contribution in [0, 0.1) is 32.5 Å². The molecule has 0 spiro atoms. The van der Waals surface area contributed by atoms with Crippen molar-refractivity contribution >= 4 is 62.1 Å². The lowest BCUT2D eigenvalue weighted by Gasteiger charge is -2.13. The summed E-state index contributed by atoms with van der Waals surface area (Å²) in [5.41, 5.74) is 8.30. The van der Waals surface area contributed by atoms with Crippen LogP contribution in [0.4, 0.5) is 42.1 Å². The van der Waals surface area contributed by atoms with Crippen molar-refractivity contribution in [2.45, 2.75) is 94.0 Å². The summed E-state index contributed by atoms with van der Waals surface area (Å²) >= 11 is 4.52. The molecule has 2 aliphatic carbocycles. The number of ketones is 1. The molecule has 68 heavy (non-hydrogen) atoms. The Morgan fingerprint density at radius 3 is 1.81 bits per heavy atom. The maximum Gasteiger partial charge on any atom is 0.390 e. The Balaban J connectivity index is 0.000000189. The van der Waals surface area contributed by atoms with Gasteiger partial charge >= 0.3 is 12.4 Å². The van der Waals surface area contributed by atoms with Gasteiger partial charge in [-0.3, -0.25) is 9.59 Å². The van der Waals surface area contributed by atoms with Gasteiger partial charge in [0.1, 0.15) is 15.4 Å². The topological polar surface area (TPSA) is 131 Å². The van der Waals surface area contributed by atoms with Crippen molar-refractivity contribution in [1.29, 1.82) is 0 Å². The van der Waals surface area contributed by atoms with Crippen molar-refractivity contribution in [3.8, 4) is 22.5 Å². The van der Waals surface area contributed by atoms with Gasteiger partial charge in [0.05, 0.1) is 48.0 Å². The normalized spacial score (nSPS) is 13.9. The molecule has 4 heterocycles. The van der Waals surface area contributed by atoms with E-state index in [1.165, 1.54) is 23.9 Å². The van der Waals surface area contributed by atoms with Gasteiger partial charge < -0.3 is 16.0 Å². The minimum absolute atomic E-state index is 0.117. The maximum atomic E-state index is 13.9. The van der Waals surface area contributed by atoms with E-state index < -0.39 is 31.0 Å². The van der Waals surface area contributed by atoms with E-state index >= 15 is 0 Å². The number of hydrogen-bond donors (Lipinski definition) is 3. The standard InChI is InChI=1S/C27H25F4N5OS.C21H20BrF3N4O/c1-15-3-5-18(28)12-23(15)38-24-13-21(32-10-9-27(29,30)31)25-33-14-22(36(25)35-24)17-4-8-20(16(2)11-17)26(37)34-19-6-7-19;1-12-8-14(4-5-15(12)18(30)9-13-2-3-13)17-11-27-20-16(10-19(22)28-29(17)20)26-7-6-21(23,24)25/h3-5,8,11-14,19,32H,6-7,9-10H2,1-2H3,(H,34,37);4-5,8,10-11,13,26H,2-3,6-7,9H2,1H3. The average molecular weight is 1020 g/mol. The monoisotopic (exact) mass is 1020 g/mol. The van der Waals surface area contributed by atoms with E-state index in [-0.39, 0.29) is 30.8 Å². The number of hydrogen-bond acceptors (Lipinski definition) is 9. The molecule has 3 aromatic carbocycles. The van der Waals surface area contributed by atoms with E-state index in [9.17, 15) is 40.3 Å². The highest BCUT2D eigenvalue weighted by Crippen LogP contribution is 2.36. The molecule has 2 aliphatic rings. The highest BCUT2D eigenvalue weighted by Gasteiger charge is 2.29. The molecule has 0 atom stereocenters. The van der Waals surface area contributed by atoms with Gasteiger partial charge in [0.25, 0.3) is 5.91 Å². The Hall–Kier alpha value is -6.02. The van der Waals surface area contributed by atoms with Crippen molar-refractivity contribution in [1.82, 2.24) is 34.5 Å². The second kappa shape index (κ2) is 19.9. The summed E-state index contributed by atoms with van der Waals surface area (Å²) in [5.74, 6) is 0.178. The molecule has 4 aromatic heterocycles. The molecule has 0 bridgehead atoms. The molecule has 0 radical (unpaired) electrons. The third-order valence-electron chi connectivity index (χ3n) is 11.4. The molecular weight excluding hydrogens is 980 g/mol. The van der Waals surface area contributed by atoms with Gasteiger partial charge in [-0.15, -0.1) is 0 Å². The first-order valence-electron chi connectivity index (χ1n) is 21.8. The molecule has 7 aromatic rings. The molecular formula is C48H45BrF7N9O2S. The van der Waals surface area contributed by atoms with Crippen LogP contribution in [-0.4, -0.2) is 72.4 Å². The lowest BCUT2D eigenvalue weighted by Crippen LogP contribution is -2.26. The van der Waals surface area contributed by atoms with Crippen molar-refractivity contribution in [2.75, 3.05) is 23.7 Å². The van der Waals surface area contributed by atoms with Crippen molar-refractivity contribution in [3.05, 3.63) is 117 Å². The Kier molecular flexibility index (Phi) is 14.2. The molecule has 3 N–H and O–H groups in total. The number of nitrogens with one attached hydrogen (secondary N) is 3. The fourth-order valence-electron chi connectivity index (χ4n) is 7.46. The molecule has 0 saturated heterocycles. The largest absolute Gasteiger partial charge is 0.390 e. The number of carbonyl (C=O) groups excluding carboxylic acids is 2. The molecule has 0 aliphatic heterocycles. The maximum absolute atomic E-state index is 13.9. The zero-order valence-corrected chi connectivity index (χ0v) is 39.4. The van der Waals surface area contributed by atoms with Gasteiger partial charge in [0.2, 0.25) is 0 Å². The number of halogens is 8. The van der Waals surface area contributed by atoms with E-state index in [1.807, 2.05) is 45.0 Å². The highest BCUT2D eigenvalue weighted by atomic mass is 79.9. The van der Waals surface area contributed by atoms with Crippen LogP contribution in [0.25, 0.3) is 33.8 Å². The van der Waals surface area contributed by atoms with E-state index in [1.54, 1.807) is 51.8 Å². The van der Waals surface area contributed by atoms with Gasteiger partial charge in [-0.2, -0.15) is 36.5 Å². The van der Waals surface area contributed by atoms with Crippen molar-refractivity contribution in [2.24, 2.45) is 5.92 Å². The number of rotatable bonds is 15. The highest BCUT2D eigenvalue weighted by molar-refractivity contribution is 9.10. The quantitative estimate of drug-likeness (QED) is 0.0679.